The molecule has 19 heavy (non-hydrogen) atoms. The minimum Gasteiger partial charge on any atom is -0.325 e. The van der Waals surface area contributed by atoms with E-state index in [2.05, 4.69) is 23.5 Å². The molecule has 1 atom stereocenters. The largest absolute Gasteiger partial charge is 0.325 e. The van der Waals surface area contributed by atoms with Crippen LogP contribution in [0.5, 0.6) is 0 Å². The number of carbonyl (C=O) groups is 1. The minimum absolute atomic E-state index is 0.0194. The number of carbonyl (C=O) groups excluding carboxylic acids is 1. The fraction of sp³-hybridized carbons (Fsp3) is 0.188. The third-order valence-electron chi connectivity index (χ3n) is 3.59. The summed E-state index contributed by atoms with van der Waals surface area (Å²) in [5, 5.41) is 3.58. The molecular weight excluding hydrogens is 258 g/mol. The molecule has 1 aliphatic heterocycles. The summed E-state index contributed by atoms with van der Waals surface area (Å²) in [6, 6.07) is 11.7. The van der Waals surface area contributed by atoms with Crippen molar-refractivity contribution in [1.82, 2.24) is 0 Å². The summed E-state index contributed by atoms with van der Waals surface area (Å²) in [5.74, 6) is -0.237. The molecule has 0 saturated carbocycles. The number of amides is 1. The Kier molecular flexibility index (Phi) is 2.83. The topological polar surface area (TPSA) is 29.1 Å². The lowest BCUT2D eigenvalue weighted by atomic mass is 9.88. The third-order valence-corrected chi connectivity index (χ3v) is 3.83. The highest BCUT2D eigenvalue weighted by atomic mass is 35.5. The molecule has 0 radical (unpaired) electrons. The Morgan fingerprint density at radius 2 is 1.84 bits per heavy atom. The van der Waals surface area contributed by atoms with Crippen molar-refractivity contribution in [2.75, 3.05) is 5.32 Å². The second-order valence-electron chi connectivity index (χ2n) is 5.01. The van der Waals surface area contributed by atoms with E-state index in [0.29, 0.717) is 5.02 Å². The van der Waals surface area contributed by atoms with E-state index in [1.807, 2.05) is 26.0 Å². The van der Waals surface area contributed by atoms with Crippen molar-refractivity contribution in [1.29, 1.82) is 0 Å². The Balaban J connectivity index is 2.19. The summed E-state index contributed by atoms with van der Waals surface area (Å²) < 4.78 is 0. The van der Waals surface area contributed by atoms with Gasteiger partial charge in [-0.05, 0) is 48.7 Å². The van der Waals surface area contributed by atoms with Gasteiger partial charge in [0.2, 0.25) is 5.91 Å². The van der Waals surface area contributed by atoms with E-state index in [0.717, 1.165) is 27.9 Å². The Morgan fingerprint density at radius 3 is 2.63 bits per heavy atom. The maximum absolute atomic E-state index is 12.3. The first-order valence-electron chi connectivity index (χ1n) is 6.24. The van der Waals surface area contributed by atoms with Crippen molar-refractivity contribution >= 4 is 23.2 Å². The molecule has 0 fully saturated rings. The highest BCUT2D eigenvalue weighted by molar-refractivity contribution is 6.31. The van der Waals surface area contributed by atoms with Gasteiger partial charge in [-0.3, -0.25) is 4.79 Å². The zero-order valence-corrected chi connectivity index (χ0v) is 11.6. The van der Waals surface area contributed by atoms with E-state index in [1.165, 1.54) is 0 Å². The third kappa shape index (κ3) is 2.02. The number of fused-ring (bicyclic) bond motifs is 1. The zero-order chi connectivity index (χ0) is 13.6. The SMILES string of the molecule is Cc1ccc(C)c(C2C(=O)Nc3ccc(Cl)cc32)c1. The van der Waals surface area contributed by atoms with Gasteiger partial charge in [0, 0.05) is 10.7 Å². The van der Waals surface area contributed by atoms with E-state index in [4.69, 9.17) is 11.6 Å². The normalized spacial score (nSPS) is 17.2. The smallest absolute Gasteiger partial charge is 0.236 e. The van der Waals surface area contributed by atoms with Crippen LogP contribution in [0.2, 0.25) is 5.02 Å². The molecule has 0 aromatic heterocycles. The van der Waals surface area contributed by atoms with Gasteiger partial charge in [0.15, 0.2) is 0 Å². The van der Waals surface area contributed by atoms with Crippen molar-refractivity contribution in [3.63, 3.8) is 0 Å². The quantitative estimate of drug-likeness (QED) is 0.833. The second kappa shape index (κ2) is 4.39. The molecule has 1 heterocycles. The lowest BCUT2D eigenvalue weighted by Gasteiger charge is -2.13. The molecule has 3 rings (SSSR count). The molecule has 2 aromatic rings. The van der Waals surface area contributed by atoms with Gasteiger partial charge in [0.25, 0.3) is 0 Å². The van der Waals surface area contributed by atoms with Crippen molar-refractivity contribution in [2.24, 2.45) is 0 Å². The number of rotatable bonds is 1. The van der Waals surface area contributed by atoms with Crippen LogP contribution in [0.15, 0.2) is 36.4 Å². The lowest BCUT2D eigenvalue weighted by molar-refractivity contribution is -0.116. The van der Waals surface area contributed by atoms with Crippen molar-refractivity contribution in [3.8, 4) is 0 Å². The minimum atomic E-state index is -0.256. The predicted molar refractivity (Wildman–Crippen MR) is 77.8 cm³/mol. The zero-order valence-electron chi connectivity index (χ0n) is 10.8. The molecule has 2 aromatic carbocycles. The van der Waals surface area contributed by atoms with Gasteiger partial charge in [-0.15, -0.1) is 0 Å². The van der Waals surface area contributed by atoms with Gasteiger partial charge in [-0.1, -0.05) is 35.4 Å². The number of halogens is 1. The molecule has 1 unspecified atom stereocenters. The first-order chi connectivity index (χ1) is 9.06. The molecule has 0 aliphatic carbocycles. The average molecular weight is 272 g/mol. The number of hydrogen-bond acceptors (Lipinski definition) is 1. The van der Waals surface area contributed by atoms with E-state index in [1.54, 1.807) is 6.07 Å². The molecule has 1 N–H and O–H groups in total. The van der Waals surface area contributed by atoms with Crippen molar-refractivity contribution in [2.45, 2.75) is 19.8 Å². The fourth-order valence-electron chi connectivity index (χ4n) is 2.61. The first-order valence-corrected chi connectivity index (χ1v) is 6.61. The molecular formula is C16H14ClNO. The Labute approximate surface area is 117 Å². The summed E-state index contributed by atoms with van der Waals surface area (Å²) >= 11 is 6.06. The average Bonchev–Trinajstić information content (AvgIpc) is 2.68. The first kappa shape index (κ1) is 12.2. The van der Waals surface area contributed by atoms with Crippen LogP contribution >= 0.6 is 11.6 Å². The molecule has 3 heteroatoms. The van der Waals surface area contributed by atoms with Crippen molar-refractivity contribution < 1.29 is 4.79 Å². The monoisotopic (exact) mass is 271 g/mol. The second-order valence-corrected chi connectivity index (χ2v) is 5.45. The maximum Gasteiger partial charge on any atom is 0.236 e. The predicted octanol–water partition coefficient (Wildman–Crippen LogP) is 4.04. The van der Waals surface area contributed by atoms with E-state index >= 15 is 0 Å². The van der Waals surface area contributed by atoms with Crippen LogP contribution in [0.25, 0.3) is 0 Å². The Hall–Kier alpha value is -1.80. The summed E-state index contributed by atoms with van der Waals surface area (Å²) in [5.41, 5.74) is 5.16. The molecule has 0 saturated heterocycles. The van der Waals surface area contributed by atoms with E-state index in [-0.39, 0.29) is 11.8 Å². The molecule has 2 nitrogen and oxygen atoms in total. The highest BCUT2D eigenvalue weighted by Gasteiger charge is 2.32. The van der Waals surface area contributed by atoms with Crippen molar-refractivity contribution in [3.05, 3.63) is 63.7 Å². The summed E-state index contributed by atoms with van der Waals surface area (Å²) in [7, 11) is 0. The molecule has 1 aliphatic rings. The van der Waals surface area contributed by atoms with Gasteiger partial charge < -0.3 is 5.32 Å². The van der Waals surface area contributed by atoms with Crippen LogP contribution in [-0.4, -0.2) is 5.91 Å². The van der Waals surface area contributed by atoms with Crippen LogP contribution in [0.4, 0.5) is 5.69 Å². The molecule has 1 amide bonds. The lowest BCUT2D eigenvalue weighted by Crippen LogP contribution is -2.14. The maximum atomic E-state index is 12.3. The summed E-state index contributed by atoms with van der Waals surface area (Å²) in [6.07, 6.45) is 0. The van der Waals surface area contributed by atoms with Gasteiger partial charge in [-0.25, -0.2) is 0 Å². The number of anilines is 1. The van der Waals surface area contributed by atoms with Crippen LogP contribution in [0, 0.1) is 13.8 Å². The van der Waals surface area contributed by atoms with Crippen LogP contribution in [0.3, 0.4) is 0 Å². The number of hydrogen-bond donors (Lipinski definition) is 1. The molecule has 0 spiro atoms. The molecule has 0 bridgehead atoms. The van der Waals surface area contributed by atoms with Crippen LogP contribution in [-0.2, 0) is 4.79 Å². The Bertz CT molecular complexity index is 678. The van der Waals surface area contributed by atoms with Crippen LogP contribution in [0.1, 0.15) is 28.2 Å². The van der Waals surface area contributed by atoms with Crippen LogP contribution < -0.4 is 5.32 Å². The number of benzene rings is 2. The standard InChI is InChI=1S/C16H14ClNO/c1-9-3-4-10(2)12(7-9)15-13-8-11(17)5-6-14(13)18-16(15)19/h3-8,15H,1-2H3,(H,18,19). The summed E-state index contributed by atoms with van der Waals surface area (Å²) in [6.45, 7) is 4.07. The van der Waals surface area contributed by atoms with Gasteiger partial charge in [-0.2, -0.15) is 0 Å². The van der Waals surface area contributed by atoms with Gasteiger partial charge in [0.05, 0.1) is 5.92 Å². The highest BCUT2D eigenvalue weighted by Crippen LogP contribution is 2.39. The van der Waals surface area contributed by atoms with Gasteiger partial charge in [0.1, 0.15) is 0 Å². The van der Waals surface area contributed by atoms with E-state index < -0.39 is 0 Å². The molecule has 96 valence electrons. The summed E-state index contributed by atoms with van der Waals surface area (Å²) in [4.78, 5) is 12.3. The number of nitrogens with one attached hydrogen (secondary N) is 1. The Morgan fingerprint density at radius 1 is 1.05 bits per heavy atom. The fourth-order valence-corrected chi connectivity index (χ4v) is 2.79. The van der Waals surface area contributed by atoms with E-state index in [9.17, 15) is 4.79 Å². The van der Waals surface area contributed by atoms with Gasteiger partial charge >= 0.3 is 0 Å². The number of aryl methyl sites for hydroxylation is 2.